The van der Waals surface area contributed by atoms with Crippen LogP contribution in [0.1, 0.15) is 65.2 Å². The summed E-state index contributed by atoms with van der Waals surface area (Å²) in [4.78, 5) is 11.7. The summed E-state index contributed by atoms with van der Waals surface area (Å²) >= 11 is 0. The number of hydrogen-bond acceptors (Lipinski definition) is 14. The van der Waals surface area contributed by atoms with E-state index in [2.05, 4.69) is 6.92 Å². The molecule has 0 aromatic heterocycles. The number of carbonyl (C=O) groups excluding carboxylic acids is 1. The Balaban J connectivity index is 3.09. The molecular formula is C36H72O14. The van der Waals surface area contributed by atoms with Crippen LogP contribution in [0.15, 0.2) is 0 Å². The highest BCUT2D eigenvalue weighted by atomic mass is 16.6. The Labute approximate surface area is 302 Å². The van der Waals surface area contributed by atoms with Crippen molar-refractivity contribution in [2.24, 2.45) is 0 Å². The van der Waals surface area contributed by atoms with Crippen LogP contribution in [0.25, 0.3) is 0 Å². The molecule has 0 saturated heterocycles. The van der Waals surface area contributed by atoms with Crippen LogP contribution in [0.4, 0.5) is 0 Å². The summed E-state index contributed by atoms with van der Waals surface area (Å²) in [5.74, 6) is -0.141. The molecule has 14 heteroatoms. The van der Waals surface area contributed by atoms with Gasteiger partial charge in [-0.15, -0.1) is 0 Å². The first-order valence-electron chi connectivity index (χ1n) is 18.9. The molecular weight excluding hydrogens is 656 g/mol. The molecule has 0 saturated carbocycles. The van der Waals surface area contributed by atoms with Gasteiger partial charge in [-0.1, -0.05) is 45.4 Å². The van der Waals surface area contributed by atoms with E-state index in [1.807, 2.05) is 6.92 Å². The summed E-state index contributed by atoms with van der Waals surface area (Å²) in [7, 11) is 0. The Bertz CT molecular complexity index is 632. The van der Waals surface area contributed by atoms with E-state index >= 15 is 0 Å². The van der Waals surface area contributed by atoms with E-state index in [9.17, 15) is 4.79 Å². The van der Waals surface area contributed by atoms with Gasteiger partial charge in [0, 0.05) is 13.0 Å². The lowest BCUT2D eigenvalue weighted by Crippen LogP contribution is -2.15. The first kappa shape index (κ1) is 49.0. The van der Waals surface area contributed by atoms with Gasteiger partial charge in [0.2, 0.25) is 0 Å². The van der Waals surface area contributed by atoms with Crippen molar-refractivity contribution in [2.75, 3.05) is 165 Å². The summed E-state index contributed by atoms with van der Waals surface area (Å²) in [6.07, 6.45) is 8.79. The first-order valence-corrected chi connectivity index (χ1v) is 18.9. The smallest absolute Gasteiger partial charge is 0.305 e. The fraction of sp³-hybridized carbons (Fsp3) is 0.972. The van der Waals surface area contributed by atoms with Crippen molar-refractivity contribution in [1.82, 2.24) is 0 Å². The molecule has 0 radical (unpaired) electrons. The standard InChI is InChI=1S/C36H72O14/c1-3-5-6-7-8-9-10-11-36(37)50-35-34-49-33-32-48-31-30-47-29-28-46-27-26-45-25-24-44-23-22-43-21-20-42-19-18-41-17-16-40-15-14-39-13-12-38-4-2/h3-35H2,1-2H3. The molecule has 0 atom stereocenters. The predicted octanol–water partition coefficient (Wildman–Crippen LogP) is 3.89. The zero-order valence-electron chi connectivity index (χ0n) is 31.5. The summed E-state index contributed by atoms with van der Waals surface area (Å²) in [6, 6.07) is 0. The van der Waals surface area contributed by atoms with Gasteiger partial charge >= 0.3 is 5.97 Å². The molecule has 50 heavy (non-hydrogen) atoms. The molecule has 0 spiro atoms. The lowest BCUT2D eigenvalue weighted by Gasteiger charge is -2.09. The number of carbonyl (C=O) groups is 1. The van der Waals surface area contributed by atoms with E-state index in [-0.39, 0.29) is 12.6 Å². The quantitative estimate of drug-likeness (QED) is 0.0662. The van der Waals surface area contributed by atoms with Crippen molar-refractivity contribution in [2.45, 2.75) is 65.2 Å². The zero-order chi connectivity index (χ0) is 36.1. The summed E-state index contributed by atoms with van der Waals surface area (Å²) in [6.45, 7) is 16.9. The minimum Gasteiger partial charge on any atom is -0.463 e. The normalized spacial score (nSPS) is 11.5. The molecule has 0 aliphatic carbocycles. The summed E-state index contributed by atoms with van der Waals surface area (Å²) < 4.78 is 70.4. The number of unbranched alkanes of at least 4 members (excludes halogenated alkanes) is 6. The van der Waals surface area contributed by atoms with Crippen LogP contribution in [0.2, 0.25) is 0 Å². The maximum absolute atomic E-state index is 11.7. The van der Waals surface area contributed by atoms with E-state index in [4.69, 9.17) is 61.6 Å². The van der Waals surface area contributed by atoms with Crippen LogP contribution in [0, 0.1) is 0 Å². The van der Waals surface area contributed by atoms with E-state index in [0.29, 0.717) is 165 Å². The van der Waals surface area contributed by atoms with Gasteiger partial charge in [-0.25, -0.2) is 0 Å². The lowest BCUT2D eigenvalue weighted by molar-refractivity contribution is -0.145. The van der Waals surface area contributed by atoms with Gasteiger partial charge in [0.05, 0.1) is 152 Å². The van der Waals surface area contributed by atoms with Crippen molar-refractivity contribution in [3.63, 3.8) is 0 Å². The van der Waals surface area contributed by atoms with Gasteiger partial charge in [0.15, 0.2) is 0 Å². The zero-order valence-corrected chi connectivity index (χ0v) is 31.5. The third kappa shape index (κ3) is 45.0. The van der Waals surface area contributed by atoms with Gasteiger partial charge in [0.25, 0.3) is 0 Å². The molecule has 0 aliphatic rings. The maximum Gasteiger partial charge on any atom is 0.305 e. The number of ether oxygens (including phenoxy) is 13. The van der Waals surface area contributed by atoms with Crippen LogP contribution in [-0.4, -0.2) is 171 Å². The Morgan fingerprint density at radius 3 is 0.820 bits per heavy atom. The van der Waals surface area contributed by atoms with Crippen LogP contribution in [0.3, 0.4) is 0 Å². The second kappa shape index (κ2) is 46.0. The Morgan fingerprint density at radius 2 is 0.540 bits per heavy atom. The molecule has 0 heterocycles. The van der Waals surface area contributed by atoms with Gasteiger partial charge in [-0.2, -0.15) is 0 Å². The molecule has 0 fully saturated rings. The largest absolute Gasteiger partial charge is 0.463 e. The fourth-order valence-electron chi connectivity index (χ4n) is 4.08. The average Bonchev–Trinajstić information content (AvgIpc) is 3.12. The number of rotatable bonds is 45. The highest BCUT2D eigenvalue weighted by molar-refractivity contribution is 5.69. The number of hydrogen-bond donors (Lipinski definition) is 0. The highest BCUT2D eigenvalue weighted by Crippen LogP contribution is 2.08. The molecule has 300 valence electrons. The van der Waals surface area contributed by atoms with Crippen molar-refractivity contribution in [1.29, 1.82) is 0 Å². The summed E-state index contributed by atoms with van der Waals surface area (Å²) in [5, 5.41) is 0. The third-order valence-corrected chi connectivity index (χ3v) is 6.77. The SMILES string of the molecule is CCCCCCCCCC(=O)OCCOCCOCCOCCOCCOCCOCCOCCOCCOCCOCCOCCOCC. The molecule has 0 unspecified atom stereocenters. The molecule has 0 aromatic carbocycles. The molecule has 14 nitrogen and oxygen atoms in total. The van der Waals surface area contributed by atoms with Crippen molar-refractivity contribution in [3.8, 4) is 0 Å². The minimum atomic E-state index is -0.141. The topological polar surface area (TPSA) is 137 Å². The van der Waals surface area contributed by atoms with Crippen LogP contribution >= 0.6 is 0 Å². The van der Waals surface area contributed by atoms with E-state index in [1.165, 1.54) is 32.1 Å². The Kier molecular flexibility index (Phi) is 45.1. The minimum absolute atomic E-state index is 0.141. The van der Waals surface area contributed by atoms with E-state index in [0.717, 1.165) is 12.8 Å². The molecule has 0 aliphatic heterocycles. The summed E-state index contributed by atoms with van der Waals surface area (Å²) in [5.41, 5.74) is 0. The third-order valence-electron chi connectivity index (χ3n) is 6.77. The Hall–Kier alpha value is -1.01. The van der Waals surface area contributed by atoms with Gasteiger partial charge in [-0.05, 0) is 13.3 Å². The molecule has 0 N–H and O–H groups in total. The van der Waals surface area contributed by atoms with Crippen LogP contribution in [0.5, 0.6) is 0 Å². The molecule has 0 rings (SSSR count). The van der Waals surface area contributed by atoms with Gasteiger partial charge in [-0.3, -0.25) is 4.79 Å². The van der Waals surface area contributed by atoms with Crippen molar-refractivity contribution >= 4 is 5.97 Å². The molecule has 0 aromatic rings. The fourth-order valence-corrected chi connectivity index (χ4v) is 4.08. The van der Waals surface area contributed by atoms with Crippen LogP contribution in [-0.2, 0) is 66.4 Å². The Morgan fingerprint density at radius 1 is 0.300 bits per heavy atom. The second-order valence-corrected chi connectivity index (χ2v) is 11.0. The molecule has 0 bridgehead atoms. The van der Waals surface area contributed by atoms with Gasteiger partial charge < -0.3 is 61.6 Å². The highest BCUT2D eigenvalue weighted by Gasteiger charge is 2.03. The first-order chi connectivity index (χ1) is 24.8. The van der Waals surface area contributed by atoms with Crippen molar-refractivity contribution < 1.29 is 66.4 Å². The number of esters is 1. The van der Waals surface area contributed by atoms with Gasteiger partial charge in [0.1, 0.15) is 6.61 Å². The lowest BCUT2D eigenvalue weighted by atomic mass is 10.1. The second-order valence-electron chi connectivity index (χ2n) is 11.0. The maximum atomic E-state index is 11.7. The van der Waals surface area contributed by atoms with E-state index < -0.39 is 0 Å². The monoisotopic (exact) mass is 728 g/mol. The molecule has 0 amide bonds. The average molecular weight is 729 g/mol. The van der Waals surface area contributed by atoms with E-state index in [1.54, 1.807) is 0 Å². The predicted molar refractivity (Wildman–Crippen MR) is 189 cm³/mol. The van der Waals surface area contributed by atoms with Crippen LogP contribution < -0.4 is 0 Å². The van der Waals surface area contributed by atoms with Crippen molar-refractivity contribution in [3.05, 3.63) is 0 Å².